The molecule has 1 atom stereocenters. The molecule has 0 saturated heterocycles. The van der Waals surface area contributed by atoms with Gasteiger partial charge in [0.25, 0.3) is 0 Å². The SMILES string of the molecule is Cc1ccc2ccc3nc(-c4cccc5c4sc4nc(C(C)C6CCCC6)ccc45)n(-c4c(C(C)C)cc(C(C)(C)C)cc4C(C)C)c3c2n1. The van der Waals surface area contributed by atoms with E-state index < -0.39 is 0 Å². The third-order valence-electron chi connectivity index (χ3n) is 11.3. The number of hydrogen-bond acceptors (Lipinski definition) is 4. The molecule has 8 rings (SSSR count). The molecule has 0 aliphatic heterocycles. The molecule has 4 heterocycles. The van der Waals surface area contributed by atoms with Gasteiger partial charge in [-0.1, -0.05) is 105 Å². The van der Waals surface area contributed by atoms with Crippen molar-refractivity contribution in [2.75, 3.05) is 0 Å². The first-order valence-corrected chi connectivity index (χ1v) is 19.5. The van der Waals surface area contributed by atoms with Crippen LogP contribution in [0.2, 0.25) is 0 Å². The van der Waals surface area contributed by atoms with Crippen LogP contribution in [0.5, 0.6) is 0 Å². The minimum Gasteiger partial charge on any atom is -0.290 e. The Balaban J connectivity index is 1.46. The molecule has 1 aliphatic carbocycles. The zero-order valence-corrected chi connectivity index (χ0v) is 32.0. The third kappa shape index (κ3) is 5.44. The Labute approximate surface area is 301 Å². The van der Waals surface area contributed by atoms with Crippen molar-refractivity contribution in [1.82, 2.24) is 19.5 Å². The summed E-state index contributed by atoms with van der Waals surface area (Å²) in [5.41, 5.74) is 11.8. The molecule has 256 valence electrons. The molecule has 0 spiro atoms. The molecule has 1 aliphatic rings. The maximum atomic E-state index is 5.54. The van der Waals surface area contributed by atoms with Crippen LogP contribution in [0, 0.1) is 12.8 Å². The van der Waals surface area contributed by atoms with Gasteiger partial charge in [0.05, 0.1) is 22.2 Å². The van der Waals surface area contributed by atoms with Crippen molar-refractivity contribution in [3.05, 3.63) is 94.8 Å². The quantitative estimate of drug-likeness (QED) is 0.176. The van der Waals surface area contributed by atoms with Crippen LogP contribution in [0.1, 0.15) is 127 Å². The molecule has 0 radical (unpaired) electrons. The fraction of sp³-hybridized carbons (Fsp3) is 0.400. The summed E-state index contributed by atoms with van der Waals surface area (Å²) in [5.74, 6) is 2.82. The number of aromatic nitrogens is 4. The van der Waals surface area contributed by atoms with Crippen LogP contribution in [0.15, 0.2) is 66.7 Å². The Hall–Kier alpha value is -4.09. The molecule has 1 saturated carbocycles. The minimum atomic E-state index is 0.0286. The molecular formula is C45H50N4S. The Morgan fingerprint density at radius 2 is 1.48 bits per heavy atom. The van der Waals surface area contributed by atoms with Crippen molar-refractivity contribution in [3.8, 4) is 17.1 Å². The summed E-state index contributed by atoms with van der Waals surface area (Å²) < 4.78 is 3.73. The van der Waals surface area contributed by atoms with E-state index in [0.29, 0.717) is 17.8 Å². The lowest BCUT2D eigenvalue weighted by Crippen LogP contribution is -2.16. The lowest BCUT2D eigenvalue weighted by atomic mass is 9.81. The summed E-state index contributed by atoms with van der Waals surface area (Å²) in [5, 5.41) is 3.62. The van der Waals surface area contributed by atoms with Crippen LogP contribution in [0.25, 0.3) is 59.3 Å². The Morgan fingerprint density at radius 1 is 0.780 bits per heavy atom. The Kier molecular flexibility index (Phi) is 8.14. The van der Waals surface area contributed by atoms with Crippen LogP contribution in [0.4, 0.5) is 0 Å². The van der Waals surface area contributed by atoms with Crippen LogP contribution in [-0.2, 0) is 5.41 Å². The topological polar surface area (TPSA) is 43.6 Å². The van der Waals surface area contributed by atoms with E-state index in [1.54, 1.807) is 0 Å². The highest BCUT2D eigenvalue weighted by Gasteiger charge is 2.29. The number of rotatable bonds is 6. The van der Waals surface area contributed by atoms with Gasteiger partial charge >= 0.3 is 0 Å². The smallest absolute Gasteiger partial charge is 0.147 e. The second-order valence-electron chi connectivity index (χ2n) is 16.5. The number of imidazole rings is 1. The van der Waals surface area contributed by atoms with E-state index in [9.17, 15) is 0 Å². The predicted molar refractivity (Wildman–Crippen MR) is 214 cm³/mol. The molecule has 7 aromatic rings. The number of nitrogens with zero attached hydrogens (tertiary/aromatic N) is 4. The van der Waals surface area contributed by atoms with Gasteiger partial charge in [0.2, 0.25) is 0 Å². The molecule has 0 N–H and O–H groups in total. The second-order valence-corrected chi connectivity index (χ2v) is 17.5. The number of pyridine rings is 2. The van der Waals surface area contributed by atoms with Crippen molar-refractivity contribution >= 4 is 53.6 Å². The highest BCUT2D eigenvalue weighted by atomic mass is 32.1. The van der Waals surface area contributed by atoms with Gasteiger partial charge < -0.3 is 0 Å². The first kappa shape index (κ1) is 33.1. The molecular weight excluding hydrogens is 629 g/mol. The van der Waals surface area contributed by atoms with Crippen molar-refractivity contribution in [2.24, 2.45) is 5.92 Å². The van der Waals surface area contributed by atoms with Gasteiger partial charge in [-0.25, -0.2) is 9.97 Å². The normalized spacial score (nSPS) is 15.2. The summed E-state index contributed by atoms with van der Waals surface area (Å²) >= 11 is 1.82. The van der Waals surface area contributed by atoms with Crippen molar-refractivity contribution in [1.29, 1.82) is 0 Å². The molecule has 1 fully saturated rings. The lowest BCUT2D eigenvalue weighted by Gasteiger charge is -2.28. The van der Waals surface area contributed by atoms with E-state index in [1.807, 2.05) is 11.3 Å². The highest BCUT2D eigenvalue weighted by molar-refractivity contribution is 7.26. The molecule has 3 aromatic carbocycles. The summed E-state index contributed by atoms with van der Waals surface area (Å²) in [6.07, 6.45) is 5.35. The zero-order chi connectivity index (χ0) is 35.1. The Bertz CT molecular complexity index is 2380. The molecule has 5 heteroatoms. The number of aryl methyl sites for hydroxylation is 1. The summed E-state index contributed by atoms with van der Waals surface area (Å²) in [7, 11) is 0. The summed E-state index contributed by atoms with van der Waals surface area (Å²) in [6.45, 7) is 20.8. The number of thiophene rings is 1. The van der Waals surface area contributed by atoms with Crippen LogP contribution in [-0.4, -0.2) is 19.5 Å². The van der Waals surface area contributed by atoms with E-state index in [2.05, 4.69) is 134 Å². The van der Waals surface area contributed by atoms with Crippen LogP contribution >= 0.6 is 11.3 Å². The number of benzene rings is 3. The zero-order valence-electron chi connectivity index (χ0n) is 31.2. The fourth-order valence-electron chi connectivity index (χ4n) is 8.31. The fourth-order valence-corrected chi connectivity index (χ4v) is 9.50. The summed E-state index contributed by atoms with van der Waals surface area (Å²) in [6, 6.07) is 25.0. The minimum absolute atomic E-state index is 0.0286. The van der Waals surface area contributed by atoms with Gasteiger partial charge in [-0.05, 0) is 90.0 Å². The largest absolute Gasteiger partial charge is 0.290 e. The third-order valence-corrected chi connectivity index (χ3v) is 12.5. The second kappa shape index (κ2) is 12.3. The van der Waals surface area contributed by atoms with E-state index in [4.69, 9.17) is 15.0 Å². The average Bonchev–Trinajstić information content (AvgIpc) is 3.84. The van der Waals surface area contributed by atoms with Gasteiger partial charge in [-0.3, -0.25) is 9.55 Å². The maximum absolute atomic E-state index is 5.54. The van der Waals surface area contributed by atoms with Gasteiger partial charge in [-0.15, -0.1) is 11.3 Å². The standard InChI is InChI=1S/C45H50N4S/c1-25(2)35-23-31(45(7,8)9)24-36(26(3)4)40(35)49-41-38(21-19-30-18-17-27(5)46-39(30)41)47-43(49)34-16-12-15-32-33-20-22-37(48-44(33)50-42(32)34)28(6)29-13-10-11-14-29/h12,15-26,28-29H,10-11,13-14H2,1-9H3. The van der Waals surface area contributed by atoms with E-state index in [0.717, 1.165) is 49.8 Å². The molecule has 4 nitrogen and oxygen atoms in total. The number of fused-ring (bicyclic) bond motifs is 6. The van der Waals surface area contributed by atoms with Crippen LogP contribution in [0.3, 0.4) is 0 Å². The van der Waals surface area contributed by atoms with E-state index in [-0.39, 0.29) is 5.41 Å². The molecule has 1 unspecified atom stereocenters. The van der Waals surface area contributed by atoms with Gasteiger partial charge in [0.1, 0.15) is 10.7 Å². The molecule has 4 aromatic heterocycles. The first-order chi connectivity index (χ1) is 23.9. The molecule has 0 amide bonds. The average molecular weight is 679 g/mol. The number of hydrogen-bond donors (Lipinski definition) is 0. The Morgan fingerprint density at radius 3 is 2.16 bits per heavy atom. The van der Waals surface area contributed by atoms with Gasteiger partial charge in [0.15, 0.2) is 0 Å². The van der Waals surface area contributed by atoms with Gasteiger partial charge in [0, 0.05) is 43.7 Å². The van der Waals surface area contributed by atoms with Crippen molar-refractivity contribution in [2.45, 2.75) is 111 Å². The molecule has 0 bridgehead atoms. The molecule has 50 heavy (non-hydrogen) atoms. The first-order valence-electron chi connectivity index (χ1n) is 18.7. The van der Waals surface area contributed by atoms with E-state index in [1.165, 1.54) is 69.2 Å². The summed E-state index contributed by atoms with van der Waals surface area (Å²) in [4.78, 5) is 17.2. The van der Waals surface area contributed by atoms with Crippen molar-refractivity contribution < 1.29 is 0 Å². The van der Waals surface area contributed by atoms with Crippen molar-refractivity contribution in [3.63, 3.8) is 0 Å². The maximum Gasteiger partial charge on any atom is 0.147 e. The van der Waals surface area contributed by atoms with Gasteiger partial charge in [-0.2, -0.15) is 0 Å². The lowest BCUT2D eigenvalue weighted by molar-refractivity contribution is 0.454. The monoisotopic (exact) mass is 678 g/mol. The van der Waals surface area contributed by atoms with Crippen LogP contribution < -0.4 is 0 Å². The predicted octanol–water partition coefficient (Wildman–Crippen LogP) is 13.2. The van der Waals surface area contributed by atoms with E-state index >= 15 is 0 Å². The highest BCUT2D eigenvalue weighted by Crippen LogP contribution is 2.45.